The minimum Gasteiger partial charge on any atom is -0.352 e. The first-order valence-electron chi connectivity index (χ1n) is 13.0. The van der Waals surface area contributed by atoms with E-state index in [4.69, 9.17) is 34.8 Å². The van der Waals surface area contributed by atoms with Gasteiger partial charge in [0.15, 0.2) is 0 Å². The molecule has 43 heavy (non-hydrogen) atoms. The third-order valence-electron chi connectivity index (χ3n) is 6.66. The summed E-state index contributed by atoms with van der Waals surface area (Å²) in [5, 5.41) is 2.90. The van der Waals surface area contributed by atoms with Gasteiger partial charge in [0.25, 0.3) is 10.0 Å². The summed E-state index contributed by atoms with van der Waals surface area (Å²) in [6.07, 6.45) is -4.22. The number of sulfonamides is 1. The van der Waals surface area contributed by atoms with Crippen molar-refractivity contribution in [2.24, 2.45) is 0 Å². The molecule has 232 valence electrons. The SMILES string of the molecule is CC[C@@H](C)NC(=O)[C@H](C)N(Cc1ccc(Cl)c(Cl)c1)C(=O)CN(c1cc(C(F)(F)F)ccc1Cl)S(=O)(=O)c1ccccc1. The number of anilines is 1. The van der Waals surface area contributed by atoms with Crippen molar-refractivity contribution in [2.75, 3.05) is 10.8 Å². The van der Waals surface area contributed by atoms with Crippen LogP contribution in [0.3, 0.4) is 0 Å². The van der Waals surface area contributed by atoms with Crippen molar-refractivity contribution >= 4 is 62.3 Å². The van der Waals surface area contributed by atoms with E-state index in [1.807, 2.05) is 6.92 Å². The maximum Gasteiger partial charge on any atom is 0.416 e. The van der Waals surface area contributed by atoms with Crippen LogP contribution in [0.4, 0.5) is 18.9 Å². The molecule has 1 N–H and O–H groups in total. The van der Waals surface area contributed by atoms with Gasteiger partial charge in [0.05, 0.1) is 31.2 Å². The van der Waals surface area contributed by atoms with Crippen LogP contribution < -0.4 is 9.62 Å². The Bertz CT molecular complexity index is 1570. The lowest BCUT2D eigenvalue weighted by molar-refractivity contribution is -0.139. The van der Waals surface area contributed by atoms with Crippen molar-refractivity contribution in [2.45, 2.75) is 56.9 Å². The molecule has 2 amide bonds. The topological polar surface area (TPSA) is 86.8 Å². The fourth-order valence-electron chi connectivity index (χ4n) is 4.00. The van der Waals surface area contributed by atoms with Gasteiger partial charge in [-0.25, -0.2) is 8.42 Å². The maximum atomic E-state index is 14.0. The van der Waals surface area contributed by atoms with Crippen LogP contribution in [0.2, 0.25) is 15.1 Å². The lowest BCUT2D eigenvalue weighted by Crippen LogP contribution is -2.52. The van der Waals surface area contributed by atoms with Crippen LogP contribution in [0.1, 0.15) is 38.3 Å². The molecule has 0 fully saturated rings. The predicted molar refractivity (Wildman–Crippen MR) is 162 cm³/mol. The minimum absolute atomic E-state index is 0.187. The zero-order valence-corrected chi connectivity index (χ0v) is 26.4. The quantitative estimate of drug-likeness (QED) is 0.233. The maximum absolute atomic E-state index is 14.0. The van der Waals surface area contributed by atoms with Gasteiger partial charge < -0.3 is 10.2 Å². The number of rotatable bonds is 11. The molecule has 0 unspecified atom stereocenters. The predicted octanol–water partition coefficient (Wildman–Crippen LogP) is 7.19. The molecular formula is C29H29Cl3F3N3O4S. The Morgan fingerprint density at radius 3 is 2.12 bits per heavy atom. The van der Waals surface area contributed by atoms with Crippen molar-refractivity contribution in [1.29, 1.82) is 0 Å². The monoisotopic (exact) mass is 677 g/mol. The highest BCUT2D eigenvalue weighted by molar-refractivity contribution is 7.92. The molecule has 7 nitrogen and oxygen atoms in total. The first-order chi connectivity index (χ1) is 20.1. The molecule has 0 radical (unpaired) electrons. The Morgan fingerprint density at radius 2 is 1.53 bits per heavy atom. The second kappa shape index (κ2) is 14.2. The van der Waals surface area contributed by atoms with Gasteiger partial charge in [-0.05, 0) is 68.3 Å². The molecule has 0 aliphatic heterocycles. The van der Waals surface area contributed by atoms with Crippen LogP contribution in [-0.4, -0.2) is 43.8 Å². The fourth-order valence-corrected chi connectivity index (χ4v) is 6.03. The molecule has 0 aromatic heterocycles. The molecule has 0 heterocycles. The molecule has 3 aromatic carbocycles. The highest BCUT2D eigenvalue weighted by Crippen LogP contribution is 2.37. The lowest BCUT2D eigenvalue weighted by atomic mass is 10.1. The van der Waals surface area contributed by atoms with E-state index in [1.165, 1.54) is 43.3 Å². The Labute approximate surface area is 263 Å². The lowest BCUT2D eigenvalue weighted by Gasteiger charge is -2.33. The minimum atomic E-state index is -4.83. The van der Waals surface area contributed by atoms with Gasteiger partial charge in [-0.2, -0.15) is 13.2 Å². The van der Waals surface area contributed by atoms with Gasteiger partial charge in [0.1, 0.15) is 12.6 Å². The van der Waals surface area contributed by atoms with E-state index in [0.717, 1.165) is 11.0 Å². The van der Waals surface area contributed by atoms with Gasteiger partial charge >= 0.3 is 6.18 Å². The average molecular weight is 679 g/mol. The molecule has 0 spiro atoms. The molecule has 3 rings (SSSR count). The summed E-state index contributed by atoms with van der Waals surface area (Å²) in [7, 11) is -4.63. The number of hydrogen-bond acceptors (Lipinski definition) is 4. The Hall–Kier alpha value is -2.99. The number of amides is 2. The number of nitrogens with one attached hydrogen (secondary N) is 1. The highest BCUT2D eigenvalue weighted by atomic mass is 35.5. The third-order valence-corrected chi connectivity index (χ3v) is 9.49. The van der Waals surface area contributed by atoms with Crippen molar-refractivity contribution in [1.82, 2.24) is 10.2 Å². The number of carbonyl (C=O) groups is 2. The summed E-state index contributed by atoms with van der Waals surface area (Å²) in [4.78, 5) is 27.9. The Kier molecular flexibility index (Phi) is 11.4. The van der Waals surface area contributed by atoms with Gasteiger partial charge in [0, 0.05) is 12.6 Å². The largest absolute Gasteiger partial charge is 0.416 e. The normalized spacial score (nSPS) is 13.2. The summed E-state index contributed by atoms with van der Waals surface area (Å²) in [5.41, 5.74) is -1.25. The number of alkyl halides is 3. The molecule has 0 aliphatic rings. The zero-order chi connectivity index (χ0) is 32.1. The van der Waals surface area contributed by atoms with Crippen molar-refractivity contribution in [3.05, 3.63) is 92.9 Å². The van der Waals surface area contributed by atoms with E-state index in [9.17, 15) is 31.2 Å². The molecule has 0 saturated carbocycles. The number of benzene rings is 3. The van der Waals surface area contributed by atoms with E-state index in [-0.39, 0.29) is 32.5 Å². The van der Waals surface area contributed by atoms with Crippen LogP contribution >= 0.6 is 34.8 Å². The zero-order valence-electron chi connectivity index (χ0n) is 23.3. The van der Waals surface area contributed by atoms with E-state index in [2.05, 4.69) is 5.32 Å². The first kappa shape index (κ1) is 34.5. The fraction of sp³-hybridized carbons (Fsp3) is 0.310. The molecular weight excluding hydrogens is 650 g/mol. The van der Waals surface area contributed by atoms with Crippen molar-refractivity contribution in [3.63, 3.8) is 0 Å². The van der Waals surface area contributed by atoms with Crippen LogP contribution in [0, 0.1) is 0 Å². The number of hydrogen-bond donors (Lipinski definition) is 1. The second-order valence-electron chi connectivity index (χ2n) is 9.75. The Balaban J connectivity index is 2.13. The number of halogens is 6. The molecule has 3 aromatic rings. The average Bonchev–Trinajstić information content (AvgIpc) is 2.96. The van der Waals surface area contributed by atoms with Crippen LogP contribution in [0.15, 0.2) is 71.6 Å². The highest BCUT2D eigenvalue weighted by Gasteiger charge is 2.36. The molecule has 0 bridgehead atoms. The number of nitrogens with zero attached hydrogens (tertiary/aromatic N) is 2. The summed E-state index contributed by atoms with van der Waals surface area (Å²) < 4.78 is 69.2. The number of carbonyl (C=O) groups excluding carboxylic acids is 2. The summed E-state index contributed by atoms with van der Waals surface area (Å²) in [6.45, 7) is 3.93. The van der Waals surface area contributed by atoms with Gasteiger partial charge in [-0.1, -0.05) is 66.0 Å². The molecule has 2 atom stereocenters. The van der Waals surface area contributed by atoms with E-state index < -0.39 is 51.9 Å². The second-order valence-corrected chi connectivity index (χ2v) is 12.8. The van der Waals surface area contributed by atoms with Crippen LogP contribution in [0.5, 0.6) is 0 Å². The standard InChI is InChI=1S/C29H29Cl3F3N3O4S/c1-4-18(2)36-28(40)19(3)37(16-20-10-12-23(30)25(32)14-20)27(39)17-38(43(41,42)22-8-6-5-7-9-22)26-15-21(29(33,34)35)11-13-24(26)31/h5-15,18-19H,4,16-17H2,1-3H3,(H,36,40)/t18-,19+/m1/s1. The first-order valence-corrected chi connectivity index (χ1v) is 15.6. The van der Waals surface area contributed by atoms with E-state index in [1.54, 1.807) is 19.1 Å². The third kappa shape index (κ3) is 8.56. The van der Waals surface area contributed by atoms with Crippen molar-refractivity contribution in [3.8, 4) is 0 Å². The van der Waals surface area contributed by atoms with Crippen LogP contribution in [0.25, 0.3) is 0 Å². The molecule has 14 heteroatoms. The smallest absolute Gasteiger partial charge is 0.352 e. The van der Waals surface area contributed by atoms with Gasteiger partial charge in [0.2, 0.25) is 11.8 Å². The summed E-state index contributed by atoms with van der Waals surface area (Å²) in [6, 6.07) is 12.3. The van der Waals surface area contributed by atoms with Crippen molar-refractivity contribution < 1.29 is 31.2 Å². The van der Waals surface area contributed by atoms with Crippen LogP contribution in [-0.2, 0) is 32.3 Å². The van der Waals surface area contributed by atoms with Gasteiger partial charge in [-0.3, -0.25) is 13.9 Å². The Morgan fingerprint density at radius 1 is 0.907 bits per heavy atom. The van der Waals surface area contributed by atoms with E-state index >= 15 is 0 Å². The van der Waals surface area contributed by atoms with E-state index in [0.29, 0.717) is 28.4 Å². The van der Waals surface area contributed by atoms with Gasteiger partial charge in [-0.15, -0.1) is 0 Å². The molecule has 0 saturated heterocycles. The summed E-state index contributed by atoms with van der Waals surface area (Å²) >= 11 is 18.4. The summed E-state index contributed by atoms with van der Waals surface area (Å²) in [5.74, 6) is -1.40. The molecule has 0 aliphatic carbocycles.